The van der Waals surface area contributed by atoms with Crippen LogP contribution in [0.15, 0.2) is 12.4 Å². The lowest BCUT2D eigenvalue weighted by Gasteiger charge is -2.11. The van der Waals surface area contributed by atoms with Crippen molar-refractivity contribution in [1.29, 1.82) is 0 Å². The highest BCUT2D eigenvalue weighted by atomic mass is 19.4. The van der Waals surface area contributed by atoms with Gasteiger partial charge in [0.15, 0.2) is 0 Å². The summed E-state index contributed by atoms with van der Waals surface area (Å²) in [6, 6.07) is -1.02. The van der Waals surface area contributed by atoms with Crippen molar-refractivity contribution < 1.29 is 13.2 Å². The Bertz CT molecular complexity index is 306. The van der Waals surface area contributed by atoms with Crippen LogP contribution in [-0.4, -0.2) is 16.0 Å². The summed E-state index contributed by atoms with van der Waals surface area (Å²) in [5.74, 6) is 0. The normalized spacial score (nSPS) is 14.2. The summed E-state index contributed by atoms with van der Waals surface area (Å²) in [4.78, 5) is 0. The monoisotopic (exact) mass is 221 g/mol. The Labute approximate surface area is 86.1 Å². The second-order valence-corrected chi connectivity index (χ2v) is 3.46. The topological polar surface area (TPSA) is 43.8 Å². The van der Waals surface area contributed by atoms with Crippen molar-refractivity contribution in [2.75, 3.05) is 0 Å². The first-order valence-corrected chi connectivity index (χ1v) is 4.77. The van der Waals surface area contributed by atoms with Crippen LogP contribution in [0, 0.1) is 0 Å². The van der Waals surface area contributed by atoms with Crippen molar-refractivity contribution >= 4 is 0 Å². The van der Waals surface area contributed by atoms with Gasteiger partial charge in [0, 0.05) is 24.3 Å². The van der Waals surface area contributed by atoms with Crippen LogP contribution in [-0.2, 0) is 6.54 Å². The molecule has 0 aliphatic heterocycles. The van der Waals surface area contributed by atoms with E-state index in [2.05, 4.69) is 5.10 Å². The van der Waals surface area contributed by atoms with Crippen LogP contribution in [0.4, 0.5) is 13.2 Å². The van der Waals surface area contributed by atoms with Crippen LogP contribution in [0.3, 0.4) is 0 Å². The van der Waals surface area contributed by atoms with Gasteiger partial charge in [0.1, 0.15) is 0 Å². The summed E-state index contributed by atoms with van der Waals surface area (Å²) >= 11 is 0. The Hall–Kier alpha value is -1.04. The lowest BCUT2D eigenvalue weighted by atomic mass is 10.1. The number of hydrogen-bond donors (Lipinski definition) is 1. The van der Waals surface area contributed by atoms with Gasteiger partial charge in [-0.3, -0.25) is 4.68 Å². The van der Waals surface area contributed by atoms with E-state index in [0.29, 0.717) is 12.1 Å². The number of halogens is 3. The smallest absolute Gasteiger partial charge is 0.324 e. The van der Waals surface area contributed by atoms with E-state index in [1.165, 1.54) is 6.20 Å². The largest absolute Gasteiger partial charge is 0.390 e. The molecule has 0 bridgehead atoms. The Kier molecular flexibility index (Phi) is 3.73. The highest BCUT2D eigenvalue weighted by Gasteiger charge is 2.31. The quantitative estimate of drug-likeness (QED) is 0.847. The lowest BCUT2D eigenvalue weighted by Crippen LogP contribution is -2.19. The summed E-state index contributed by atoms with van der Waals surface area (Å²) < 4.78 is 37.7. The maximum absolute atomic E-state index is 12.0. The van der Waals surface area contributed by atoms with Crippen LogP contribution < -0.4 is 5.73 Å². The zero-order chi connectivity index (χ0) is 11.5. The molecule has 2 N–H and O–H groups in total. The molecule has 1 atom stereocenters. The van der Waals surface area contributed by atoms with Crippen molar-refractivity contribution in [3.05, 3.63) is 18.0 Å². The van der Waals surface area contributed by atoms with Crippen molar-refractivity contribution in [1.82, 2.24) is 9.78 Å². The Balaban J connectivity index is 2.61. The Morgan fingerprint density at radius 1 is 1.53 bits per heavy atom. The van der Waals surface area contributed by atoms with Gasteiger partial charge in [-0.1, -0.05) is 6.92 Å². The summed E-state index contributed by atoms with van der Waals surface area (Å²) in [7, 11) is 0. The van der Waals surface area contributed by atoms with Crippen LogP contribution in [0.1, 0.15) is 31.4 Å². The average Bonchev–Trinajstić information content (AvgIpc) is 2.50. The molecule has 1 rings (SSSR count). The number of hydrogen-bond acceptors (Lipinski definition) is 2. The molecule has 0 unspecified atom stereocenters. The minimum atomic E-state index is -4.23. The van der Waals surface area contributed by atoms with Gasteiger partial charge in [-0.2, -0.15) is 18.3 Å². The number of alkyl halides is 3. The standard InChI is InChI=1S/C9H14F3N3/c1-2-3-15-6-7(5-14-15)8(13)4-9(10,11)12/h5-6,8H,2-4,13H2,1H3/t8-/m0/s1. The second kappa shape index (κ2) is 4.65. The summed E-state index contributed by atoms with van der Waals surface area (Å²) in [6.07, 6.45) is -1.39. The molecule has 0 saturated carbocycles. The average molecular weight is 221 g/mol. The highest BCUT2D eigenvalue weighted by Crippen LogP contribution is 2.27. The molecule has 1 heterocycles. The molecule has 1 aromatic heterocycles. The number of aromatic nitrogens is 2. The molecular weight excluding hydrogens is 207 g/mol. The maximum Gasteiger partial charge on any atom is 0.390 e. The highest BCUT2D eigenvalue weighted by molar-refractivity contribution is 5.09. The lowest BCUT2D eigenvalue weighted by molar-refractivity contribution is -0.138. The number of rotatable bonds is 4. The summed E-state index contributed by atoms with van der Waals surface area (Å²) in [6.45, 7) is 2.66. The fourth-order valence-electron chi connectivity index (χ4n) is 1.29. The minimum absolute atomic E-state index is 0.431. The third-order valence-corrected chi connectivity index (χ3v) is 1.99. The van der Waals surface area contributed by atoms with Gasteiger partial charge in [-0.05, 0) is 6.42 Å². The molecule has 3 nitrogen and oxygen atoms in total. The third-order valence-electron chi connectivity index (χ3n) is 1.99. The molecule has 15 heavy (non-hydrogen) atoms. The zero-order valence-electron chi connectivity index (χ0n) is 8.46. The molecule has 0 spiro atoms. The maximum atomic E-state index is 12.0. The second-order valence-electron chi connectivity index (χ2n) is 3.46. The van der Waals surface area contributed by atoms with Crippen molar-refractivity contribution in [3.8, 4) is 0 Å². The molecule has 0 radical (unpaired) electrons. The zero-order valence-corrected chi connectivity index (χ0v) is 8.46. The molecule has 0 aliphatic carbocycles. The minimum Gasteiger partial charge on any atom is -0.324 e. The van der Waals surface area contributed by atoms with Gasteiger partial charge in [0.05, 0.1) is 12.6 Å². The van der Waals surface area contributed by atoms with Crippen LogP contribution >= 0.6 is 0 Å². The predicted octanol–water partition coefficient (Wildman–Crippen LogP) is 2.25. The first kappa shape index (κ1) is 12.0. The van der Waals surface area contributed by atoms with Crippen LogP contribution in [0.2, 0.25) is 0 Å². The number of nitrogens with two attached hydrogens (primary N) is 1. The third kappa shape index (κ3) is 3.91. The van der Waals surface area contributed by atoms with Gasteiger partial charge in [0.25, 0.3) is 0 Å². The van der Waals surface area contributed by atoms with E-state index in [-0.39, 0.29) is 0 Å². The van der Waals surface area contributed by atoms with Gasteiger partial charge in [0.2, 0.25) is 0 Å². The van der Waals surface area contributed by atoms with Gasteiger partial charge in [-0.15, -0.1) is 0 Å². The Morgan fingerprint density at radius 3 is 2.73 bits per heavy atom. The number of aryl methyl sites for hydroxylation is 1. The fourth-order valence-corrected chi connectivity index (χ4v) is 1.29. The predicted molar refractivity (Wildman–Crippen MR) is 50.1 cm³/mol. The molecule has 0 saturated heterocycles. The van der Waals surface area contributed by atoms with Crippen molar-refractivity contribution in [3.63, 3.8) is 0 Å². The fraction of sp³-hybridized carbons (Fsp3) is 0.667. The molecule has 6 heteroatoms. The van der Waals surface area contributed by atoms with E-state index < -0.39 is 18.6 Å². The molecule has 86 valence electrons. The van der Waals surface area contributed by atoms with E-state index in [0.717, 1.165) is 6.42 Å². The first-order valence-electron chi connectivity index (χ1n) is 4.77. The molecular formula is C9H14F3N3. The van der Waals surface area contributed by atoms with E-state index in [9.17, 15) is 13.2 Å². The molecule has 1 aromatic rings. The molecule has 0 aromatic carbocycles. The van der Waals surface area contributed by atoms with Crippen molar-refractivity contribution in [2.45, 2.75) is 38.5 Å². The van der Waals surface area contributed by atoms with E-state index in [1.54, 1.807) is 10.9 Å². The summed E-state index contributed by atoms with van der Waals surface area (Å²) in [5, 5.41) is 3.93. The van der Waals surface area contributed by atoms with Crippen LogP contribution in [0.25, 0.3) is 0 Å². The molecule has 0 fully saturated rings. The Morgan fingerprint density at radius 2 is 2.20 bits per heavy atom. The van der Waals surface area contributed by atoms with Crippen LogP contribution in [0.5, 0.6) is 0 Å². The van der Waals surface area contributed by atoms with Gasteiger partial charge >= 0.3 is 6.18 Å². The van der Waals surface area contributed by atoms with E-state index in [1.807, 2.05) is 6.92 Å². The van der Waals surface area contributed by atoms with E-state index >= 15 is 0 Å². The first-order chi connectivity index (χ1) is 6.92. The molecule has 0 aliphatic rings. The molecule has 0 amide bonds. The van der Waals surface area contributed by atoms with E-state index in [4.69, 9.17) is 5.73 Å². The summed E-state index contributed by atoms with van der Waals surface area (Å²) in [5.41, 5.74) is 5.85. The number of nitrogens with zero attached hydrogens (tertiary/aromatic N) is 2. The van der Waals surface area contributed by atoms with Crippen molar-refractivity contribution in [2.24, 2.45) is 5.73 Å². The van der Waals surface area contributed by atoms with Gasteiger partial charge < -0.3 is 5.73 Å². The van der Waals surface area contributed by atoms with Gasteiger partial charge in [-0.25, -0.2) is 0 Å². The SMILES string of the molecule is CCCn1cc([C@@H](N)CC(F)(F)F)cn1.